The number of likely N-dealkylation sites (N-methyl/N-ethyl adjacent to an activating group) is 2. The summed E-state index contributed by atoms with van der Waals surface area (Å²) in [6.45, 7) is 1.88. The van der Waals surface area contributed by atoms with Crippen LogP contribution < -0.4 is 9.64 Å². The molecule has 3 heterocycles. The van der Waals surface area contributed by atoms with E-state index in [4.69, 9.17) is 13.8 Å². The van der Waals surface area contributed by atoms with Gasteiger partial charge in [0, 0.05) is 72.6 Å². The quantitative estimate of drug-likeness (QED) is 0.135. The first-order chi connectivity index (χ1) is 20.0. The zero-order valence-corrected chi connectivity index (χ0v) is 24.9. The van der Waals surface area contributed by atoms with Crippen molar-refractivity contribution in [1.82, 2.24) is 19.4 Å². The Morgan fingerprint density at radius 1 is 1.10 bits per heavy atom. The van der Waals surface area contributed by atoms with Gasteiger partial charge in [-0.1, -0.05) is 6.08 Å². The van der Waals surface area contributed by atoms with E-state index in [0.717, 1.165) is 5.56 Å². The lowest BCUT2D eigenvalue weighted by Crippen LogP contribution is -2.24. The highest BCUT2D eigenvalue weighted by molar-refractivity contribution is 7.47. The third kappa shape index (κ3) is 7.47. The van der Waals surface area contributed by atoms with Crippen LogP contribution in [-0.4, -0.2) is 71.6 Å². The van der Waals surface area contributed by atoms with Crippen LogP contribution in [0.4, 0.5) is 10.1 Å². The number of phosphoric acid groups is 1. The second-order valence-corrected chi connectivity index (χ2v) is 11.1. The minimum absolute atomic E-state index is 0.000953. The average molecular weight is 598 g/mol. The molecule has 4 aromatic rings. The number of amides is 1. The number of benzene rings is 1. The van der Waals surface area contributed by atoms with Crippen LogP contribution in [0.3, 0.4) is 0 Å². The summed E-state index contributed by atoms with van der Waals surface area (Å²) in [6, 6.07) is 10.2. The number of ether oxygens (including phenoxy) is 1. The summed E-state index contributed by atoms with van der Waals surface area (Å²) in [5.41, 5.74) is 3.61. The minimum atomic E-state index is -4.28. The first kappa shape index (κ1) is 31.0. The van der Waals surface area contributed by atoms with Crippen LogP contribution >= 0.6 is 7.82 Å². The van der Waals surface area contributed by atoms with Gasteiger partial charge in [-0.2, -0.15) is 4.39 Å². The van der Waals surface area contributed by atoms with Crippen molar-refractivity contribution in [3.05, 3.63) is 73.1 Å². The van der Waals surface area contributed by atoms with E-state index in [2.05, 4.69) is 9.97 Å². The average Bonchev–Trinajstić information content (AvgIpc) is 3.33. The van der Waals surface area contributed by atoms with Crippen molar-refractivity contribution < 1.29 is 32.4 Å². The number of hydrogen-bond acceptors (Lipinski definition) is 8. The molecule has 222 valence electrons. The molecule has 0 aliphatic heterocycles. The smallest absolute Gasteiger partial charge is 0.473 e. The molecular formula is C29H33FN5O6P. The first-order valence-electron chi connectivity index (χ1n) is 13.0. The van der Waals surface area contributed by atoms with E-state index >= 15 is 0 Å². The number of hydrogen-bond donors (Lipinski definition) is 1. The van der Waals surface area contributed by atoms with Gasteiger partial charge in [-0.25, -0.2) is 14.5 Å². The van der Waals surface area contributed by atoms with Gasteiger partial charge < -0.3 is 24.0 Å². The van der Waals surface area contributed by atoms with E-state index < -0.39 is 13.8 Å². The largest absolute Gasteiger partial charge is 0.497 e. The monoisotopic (exact) mass is 597 g/mol. The van der Waals surface area contributed by atoms with Crippen LogP contribution in [0.1, 0.15) is 6.92 Å². The number of phosphoric ester groups is 1. The number of fused-ring (bicyclic) bond motifs is 1. The number of rotatable bonds is 12. The van der Waals surface area contributed by atoms with E-state index in [1.54, 1.807) is 51.7 Å². The first-order valence-corrected chi connectivity index (χ1v) is 14.5. The Kier molecular flexibility index (Phi) is 9.87. The van der Waals surface area contributed by atoms with E-state index in [1.165, 1.54) is 27.8 Å². The zero-order chi connectivity index (χ0) is 30.4. The predicted octanol–water partition coefficient (Wildman–Crippen LogP) is 5.10. The highest BCUT2D eigenvalue weighted by Gasteiger charge is 2.22. The second-order valence-electron chi connectivity index (χ2n) is 9.60. The van der Waals surface area contributed by atoms with Gasteiger partial charge in [-0.15, -0.1) is 0 Å². The molecule has 0 aliphatic rings. The molecule has 0 spiro atoms. The molecule has 0 fully saturated rings. The number of halogens is 1. The normalized spacial score (nSPS) is 13.1. The summed E-state index contributed by atoms with van der Waals surface area (Å²) in [7, 11) is 2.78. The highest BCUT2D eigenvalue weighted by Crippen LogP contribution is 2.44. The molecule has 0 aliphatic carbocycles. The number of carbonyl (C=O) groups excluding carboxylic acids is 1. The summed E-state index contributed by atoms with van der Waals surface area (Å²) < 4.78 is 43.2. The van der Waals surface area contributed by atoms with Gasteiger partial charge in [-0.05, 0) is 56.4 Å². The number of carbonyl (C=O) groups is 1. The molecule has 1 atom stereocenters. The lowest BCUT2D eigenvalue weighted by atomic mass is 10.0. The van der Waals surface area contributed by atoms with Crippen LogP contribution in [0.5, 0.6) is 5.75 Å². The van der Waals surface area contributed by atoms with Crippen molar-refractivity contribution in [2.45, 2.75) is 13.7 Å². The third-order valence-corrected chi connectivity index (χ3v) is 7.34. The lowest BCUT2D eigenvalue weighted by molar-refractivity contribution is -0.113. The van der Waals surface area contributed by atoms with Gasteiger partial charge in [-0.3, -0.25) is 13.8 Å². The van der Waals surface area contributed by atoms with Gasteiger partial charge in [0.15, 0.2) is 0 Å². The van der Waals surface area contributed by atoms with Crippen molar-refractivity contribution >= 4 is 30.5 Å². The maximum absolute atomic E-state index is 14.1. The van der Waals surface area contributed by atoms with Crippen LogP contribution in [0.25, 0.3) is 33.3 Å². The van der Waals surface area contributed by atoms with Crippen LogP contribution in [-0.2, 0) is 25.1 Å². The molecule has 0 saturated carbocycles. The van der Waals surface area contributed by atoms with Crippen molar-refractivity contribution in [3.8, 4) is 28.0 Å². The van der Waals surface area contributed by atoms with Gasteiger partial charge >= 0.3 is 7.82 Å². The second kappa shape index (κ2) is 13.4. The fourth-order valence-corrected chi connectivity index (χ4v) is 4.90. The van der Waals surface area contributed by atoms with E-state index in [9.17, 15) is 18.6 Å². The standard InChI is InChI=1S/C29H33FN5O6P/c1-6-40-42(37,38)41-19-35-18-26(20-9-10-31-27(30)15-20)25-14-22(17-32-29(25)35)21-12-23(16-24(13-21)39-5)34(4)28(36)8-7-11-33(2)3/h7-10,12-18H,6,11,19H2,1-5H3,(H,37,38). The zero-order valence-electron chi connectivity index (χ0n) is 24.0. The summed E-state index contributed by atoms with van der Waals surface area (Å²) in [5.74, 6) is -0.316. The Morgan fingerprint density at radius 3 is 2.57 bits per heavy atom. The summed E-state index contributed by atoms with van der Waals surface area (Å²) in [6.07, 6.45) is 7.96. The van der Waals surface area contributed by atoms with Crippen LogP contribution in [0, 0.1) is 5.95 Å². The van der Waals surface area contributed by atoms with Crippen LogP contribution in [0.2, 0.25) is 0 Å². The molecular weight excluding hydrogens is 564 g/mol. The number of aromatic nitrogens is 3. The van der Waals surface area contributed by atoms with E-state index in [0.29, 0.717) is 45.7 Å². The maximum atomic E-state index is 14.1. The Hall–Kier alpha value is -3.93. The van der Waals surface area contributed by atoms with Gasteiger partial charge in [0.05, 0.1) is 13.7 Å². The van der Waals surface area contributed by atoms with Crippen molar-refractivity contribution in [2.75, 3.05) is 46.3 Å². The Balaban J connectivity index is 1.78. The molecule has 1 amide bonds. The highest BCUT2D eigenvalue weighted by atomic mass is 31.2. The molecule has 0 saturated heterocycles. The Bertz CT molecular complexity index is 1660. The van der Waals surface area contributed by atoms with Gasteiger partial charge in [0.1, 0.15) is 18.1 Å². The van der Waals surface area contributed by atoms with Gasteiger partial charge in [0.25, 0.3) is 0 Å². The van der Waals surface area contributed by atoms with Crippen molar-refractivity contribution in [3.63, 3.8) is 0 Å². The van der Waals surface area contributed by atoms with Gasteiger partial charge in [0.2, 0.25) is 11.9 Å². The maximum Gasteiger partial charge on any atom is 0.473 e. The molecule has 1 unspecified atom stereocenters. The molecule has 13 heteroatoms. The summed E-state index contributed by atoms with van der Waals surface area (Å²) in [5, 5.41) is 0.631. The molecule has 0 radical (unpaired) electrons. The Morgan fingerprint density at radius 2 is 1.88 bits per heavy atom. The molecule has 11 nitrogen and oxygen atoms in total. The SMILES string of the molecule is CCOP(=O)(O)OCn1cc(-c2ccnc(F)c2)c2cc(-c3cc(OC)cc(N(C)C(=O)C=CCN(C)C)c3)cnc21. The number of pyridine rings is 2. The predicted molar refractivity (Wildman–Crippen MR) is 159 cm³/mol. The number of anilines is 1. The topological polar surface area (TPSA) is 119 Å². The molecule has 4 rings (SSSR count). The van der Waals surface area contributed by atoms with Crippen molar-refractivity contribution in [2.24, 2.45) is 0 Å². The fourth-order valence-electron chi connectivity index (χ4n) is 4.23. The number of nitrogens with zero attached hydrogens (tertiary/aromatic N) is 5. The molecule has 3 aromatic heterocycles. The Labute approximate surface area is 243 Å². The number of methoxy groups -OCH3 is 1. The molecule has 0 bridgehead atoms. The fraction of sp³-hybridized carbons (Fsp3) is 0.276. The lowest BCUT2D eigenvalue weighted by Gasteiger charge is -2.18. The van der Waals surface area contributed by atoms with Crippen LogP contribution in [0.15, 0.2) is 67.1 Å². The third-order valence-electron chi connectivity index (χ3n) is 6.31. The summed E-state index contributed by atoms with van der Waals surface area (Å²) >= 11 is 0. The summed E-state index contributed by atoms with van der Waals surface area (Å²) in [4.78, 5) is 34.5. The van der Waals surface area contributed by atoms with E-state index in [-0.39, 0.29) is 19.2 Å². The van der Waals surface area contributed by atoms with E-state index in [1.807, 2.05) is 37.2 Å². The molecule has 1 aromatic carbocycles. The molecule has 1 N–H and O–H groups in total. The van der Waals surface area contributed by atoms with Crippen molar-refractivity contribution in [1.29, 1.82) is 0 Å². The molecule has 42 heavy (non-hydrogen) atoms. The minimum Gasteiger partial charge on any atom is -0.497 e.